The summed E-state index contributed by atoms with van der Waals surface area (Å²) in [7, 11) is -3.11. The number of hydrogen-bond acceptors (Lipinski definition) is 3. The molecule has 0 aromatic heterocycles. The van der Waals surface area contributed by atoms with E-state index in [1.165, 1.54) is 12.8 Å². The Morgan fingerprint density at radius 1 is 1.20 bits per heavy atom. The summed E-state index contributed by atoms with van der Waals surface area (Å²) in [5, 5.41) is 3.27. The van der Waals surface area contributed by atoms with Gasteiger partial charge in [-0.15, -0.1) is 0 Å². The third-order valence-electron chi connectivity index (χ3n) is 2.08. The molecule has 5 heteroatoms. The average molecular weight is 234 g/mol. The van der Waals surface area contributed by atoms with Crippen molar-refractivity contribution in [2.75, 3.05) is 18.8 Å². The largest absolute Gasteiger partial charge is 0.313 e. The lowest BCUT2D eigenvalue weighted by Crippen LogP contribution is -2.37. The van der Waals surface area contributed by atoms with Crippen molar-refractivity contribution >= 4 is 10.0 Å². The molecule has 15 heavy (non-hydrogen) atoms. The van der Waals surface area contributed by atoms with Gasteiger partial charge in [-0.1, -0.05) is 20.8 Å². The molecule has 0 aliphatic heterocycles. The van der Waals surface area contributed by atoms with Gasteiger partial charge in [0.25, 0.3) is 0 Å². The van der Waals surface area contributed by atoms with Gasteiger partial charge in [-0.05, 0) is 18.3 Å². The van der Waals surface area contributed by atoms with Crippen molar-refractivity contribution in [3.8, 4) is 0 Å². The fourth-order valence-electron chi connectivity index (χ4n) is 1.39. The second-order valence-electron chi connectivity index (χ2n) is 5.44. The van der Waals surface area contributed by atoms with Crippen LogP contribution in [-0.2, 0) is 10.0 Å². The standard InChI is InChI=1S/C10H22N2O2S/c1-10(2,3)8-15(13,14)12-7-6-11-9-4-5-9/h9,11-12H,4-8H2,1-3H3. The van der Waals surface area contributed by atoms with E-state index < -0.39 is 10.0 Å². The van der Waals surface area contributed by atoms with Gasteiger partial charge < -0.3 is 5.32 Å². The molecule has 1 aliphatic carbocycles. The van der Waals surface area contributed by atoms with E-state index >= 15 is 0 Å². The highest BCUT2D eigenvalue weighted by atomic mass is 32.2. The third kappa shape index (κ3) is 6.87. The first kappa shape index (κ1) is 12.9. The molecule has 0 aromatic rings. The maximum Gasteiger partial charge on any atom is 0.212 e. The molecular formula is C10H22N2O2S. The molecule has 1 saturated carbocycles. The predicted molar refractivity (Wildman–Crippen MR) is 62.3 cm³/mol. The van der Waals surface area contributed by atoms with Crippen LogP contribution in [0.2, 0.25) is 0 Å². The van der Waals surface area contributed by atoms with Crippen LogP contribution in [0.25, 0.3) is 0 Å². The fraction of sp³-hybridized carbons (Fsp3) is 1.00. The van der Waals surface area contributed by atoms with Crippen LogP contribution >= 0.6 is 0 Å². The van der Waals surface area contributed by atoms with Crippen molar-refractivity contribution < 1.29 is 8.42 Å². The number of rotatable bonds is 6. The monoisotopic (exact) mass is 234 g/mol. The van der Waals surface area contributed by atoms with Gasteiger partial charge in [-0.2, -0.15) is 0 Å². The highest BCUT2D eigenvalue weighted by Crippen LogP contribution is 2.18. The van der Waals surface area contributed by atoms with Crippen molar-refractivity contribution in [2.24, 2.45) is 5.41 Å². The molecule has 0 spiro atoms. The lowest BCUT2D eigenvalue weighted by molar-refractivity contribution is 0.457. The molecule has 1 aliphatic rings. The first-order valence-electron chi connectivity index (χ1n) is 5.49. The molecule has 1 fully saturated rings. The molecule has 0 bridgehead atoms. The first-order valence-corrected chi connectivity index (χ1v) is 7.14. The molecule has 0 heterocycles. The van der Waals surface area contributed by atoms with Crippen molar-refractivity contribution in [1.29, 1.82) is 0 Å². The Labute approximate surface area is 92.9 Å². The summed E-state index contributed by atoms with van der Waals surface area (Å²) >= 11 is 0. The maximum atomic E-state index is 11.6. The van der Waals surface area contributed by atoms with Gasteiger partial charge in [-0.25, -0.2) is 13.1 Å². The highest BCUT2D eigenvalue weighted by Gasteiger charge is 2.22. The quantitative estimate of drug-likeness (QED) is 0.665. The van der Waals surface area contributed by atoms with Crippen LogP contribution in [0.4, 0.5) is 0 Å². The lowest BCUT2D eigenvalue weighted by atomic mass is 10.0. The van der Waals surface area contributed by atoms with Gasteiger partial charge in [0.2, 0.25) is 10.0 Å². The van der Waals surface area contributed by atoms with Gasteiger partial charge in [0, 0.05) is 19.1 Å². The number of nitrogens with one attached hydrogen (secondary N) is 2. The molecule has 0 unspecified atom stereocenters. The highest BCUT2D eigenvalue weighted by molar-refractivity contribution is 7.89. The molecule has 0 aromatic carbocycles. The molecular weight excluding hydrogens is 212 g/mol. The van der Waals surface area contributed by atoms with Crippen LogP contribution < -0.4 is 10.0 Å². The zero-order valence-electron chi connectivity index (χ0n) is 9.84. The molecule has 4 nitrogen and oxygen atoms in total. The molecule has 0 saturated heterocycles. The van der Waals surface area contributed by atoms with Crippen LogP contribution in [0.15, 0.2) is 0 Å². The molecule has 1 rings (SSSR count). The van der Waals surface area contributed by atoms with E-state index in [-0.39, 0.29) is 11.2 Å². The van der Waals surface area contributed by atoms with Crippen LogP contribution in [0.1, 0.15) is 33.6 Å². The van der Waals surface area contributed by atoms with Crippen LogP contribution in [0.3, 0.4) is 0 Å². The SMILES string of the molecule is CC(C)(C)CS(=O)(=O)NCCNC1CC1. The van der Waals surface area contributed by atoms with Crippen LogP contribution in [-0.4, -0.2) is 33.3 Å². The van der Waals surface area contributed by atoms with Crippen molar-refractivity contribution in [1.82, 2.24) is 10.0 Å². The van der Waals surface area contributed by atoms with E-state index in [0.717, 1.165) is 6.54 Å². The second-order valence-corrected chi connectivity index (χ2v) is 7.25. The van der Waals surface area contributed by atoms with E-state index in [4.69, 9.17) is 0 Å². The summed E-state index contributed by atoms with van der Waals surface area (Å²) in [6.45, 7) is 7.00. The number of hydrogen-bond donors (Lipinski definition) is 2. The van der Waals surface area contributed by atoms with Crippen molar-refractivity contribution in [3.05, 3.63) is 0 Å². The topological polar surface area (TPSA) is 58.2 Å². The Morgan fingerprint density at radius 2 is 1.80 bits per heavy atom. The van der Waals surface area contributed by atoms with Crippen LogP contribution in [0, 0.1) is 5.41 Å². The zero-order valence-corrected chi connectivity index (χ0v) is 10.7. The third-order valence-corrected chi connectivity index (χ3v) is 3.97. The Morgan fingerprint density at radius 3 is 2.27 bits per heavy atom. The summed E-state index contributed by atoms with van der Waals surface area (Å²) in [6, 6.07) is 0.636. The first-order chi connectivity index (χ1) is 6.79. The molecule has 0 amide bonds. The Kier molecular flexibility index (Phi) is 4.14. The van der Waals surface area contributed by atoms with Crippen LogP contribution in [0.5, 0.6) is 0 Å². The molecule has 0 atom stereocenters. The van der Waals surface area contributed by atoms with Gasteiger partial charge in [0.1, 0.15) is 0 Å². The Hall–Kier alpha value is -0.130. The van der Waals surface area contributed by atoms with Gasteiger partial charge in [0.05, 0.1) is 5.75 Å². The van der Waals surface area contributed by atoms with E-state index in [1.807, 2.05) is 20.8 Å². The minimum atomic E-state index is -3.11. The summed E-state index contributed by atoms with van der Waals surface area (Å²) < 4.78 is 25.7. The lowest BCUT2D eigenvalue weighted by Gasteiger charge is -2.18. The van der Waals surface area contributed by atoms with E-state index in [9.17, 15) is 8.42 Å². The summed E-state index contributed by atoms with van der Waals surface area (Å²) in [4.78, 5) is 0. The van der Waals surface area contributed by atoms with E-state index in [0.29, 0.717) is 12.6 Å². The molecule has 0 radical (unpaired) electrons. The second kappa shape index (κ2) is 4.80. The zero-order chi connectivity index (χ0) is 11.5. The fourth-order valence-corrected chi connectivity index (χ4v) is 3.05. The minimum absolute atomic E-state index is 0.184. The normalized spacial score (nSPS) is 18.1. The Bertz CT molecular complexity index is 289. The van der Waals surface area contributed by atoms with Gasteiger partial charge >= 0.3 is 0 Å². The molecule has 2 N–H and O–H groups in total. The average Bonchev–Trinajstić information content (AvgIpc) is 2.76. The van der Waals surface area contributed by atoms with E-state index in [2.05, 4.69) is 10.0 Å². The summed E-state index contributed by atoms with van der Waals surface area (Å²) in [5.41, 5.74) is -0.185. The van der Waals surface area contributed by atoms with Gasteiger partial charge in [0.15, 0.2) is 0 Å². The summed E-state index contributed by atoms with van der Waals surface area (Å²) in [6.07, 6.45) is 2.46. The smallest absolute Gasteiger partial charge is 0.212 e. The van der Waals surface area contributed by atoms with Gasteiger partial charge in [-0.3, -0.25) is 0 Å². The minimum Gasteiger partial charge on any atom is -0.313 e. The maximum absolute atomic E-state index is 11.6. The molecule has 90 valence electrons. The van der Waals surface area contributed by atoms with Crippen molar-refractivity contribution in [3.63, 3.8) is 0 Å². The Balaban J connectivity index is 2.17. The summed E-state index contributed by atoms with van der Waals surface area (Å²) in [5.74, 6) is 0.184. The van der Waals surface area contributed by atoms with Crippen molar-refractivity contribution in [2.45, 2.75) is 39.7 Å². The number of sulfonamides is 1. The van der Waals surface area contributed by atoms with E-state index in [1.54, 1.807) is 0 Å². The predicted octanol–water partition coefficient (Wildman–Crippen LogP) is 0.704.